The second-order valence-electron chi connectivity index (χ2n) is 5.60. The van der Waals surface area contributed by atoms with Crippen LogP contribution in [0.25, 0.3) is 0 Å². The van der Waals surface area contributed by atoms with Gasteiger partial charge in [-0.2, -0.15) is 0 Å². The maximum atomic E-state index is 11.7. The number of ether oxygens (including phenoxy) is 1. The summed E-state index contributed by atoms with van der Waals surface area (Å²) in [6, 6.07) is -0.195. The molecule has 1 N–H and O–H groups in total. The van der Waals surface area contributed by atoms with Crippen molar-refractivity contribution in [3.8, 4) is 0 Å². The molecule has 1 aliphatic rings. The molecule has 0 aromatic carbocycles. The molecule has 1 atom stereocenters. The topological polar surface area (TPSA) is 69.0 Å². The van der Waals surface area contributed by atoms with Crippen molar-refractivity contribution in [3.05, 3.63) is 11.6 Å². The molecule has 1 aromatic heterocycles. The normalized spacial score (nSPS) is 16.2. The number of aryl methyl sites for hydroxylation is 1. The molecule has 2 heterocycles. The standard InChI is InChI=1S/C12H20N4O2/c1-8(13-11(17)18-12(2,3)4)10-15-14-9-6-5-7-16(9)10/h8H,5-7H2,1-4H3,(H,13,17). The van der Waals surface area contributed by atoms with Crippen molar-refractivity contribution in [2.45, 2.75) is 58.7 Å². The fourth-order valence-corrected chi connectivity index (χ4v) is 2.04. The van der Waals surface area contributed by atoms with Gasteiger partial charge in [0.05, 0.1) is 6.04 Å². The lowest BCUT2D eigenvalue weighted by molar-refractivity contribution is 0.0505. The van der Waals surface area contributed by atoms with Crippen molar-refractivity contribution in [2.75, 3.05) is 0 Å². The average Bonchev–Trinajstić information content (AvgIpc) is 2.72. The number of rotatable bonds is 2. The van der Waals surface area contributed by atoms with Crippen LogP contribution in [0.15, 0.2) is 0 Å². The fourth-order valence-electron chi connectivity index (χ4n) is 2.04. The number of nitrogens with one attached hydrogen (secondary N) is 1. The maximum Gasteiger partial charge on any atom is 0.408 e. The lowest BCUT2D eigenvalue weighted by Gasteiger charge is -2.21. The minimum Gasteiger partial charge on any atom is -0.444 e. The molecular weight excluding hydrogens is 232 g/mol. The Morgan fingerprint density at radius 1 is 1.44 bits per heavy atom. The predicted octanol–water partition coefficient (Wildman–Crippen LogP) is 1.81. The van der Waals surface area contributed by atoms with Gasteiger partial charge in [0.25, 0.3) is 0 Å². The van der Waals surface area contributed by atoms with Crippen molar-refractivity contribution in [1.29, 1.82) is 0 Å². The van der Waals surface area contributed by atoms with Crippen molar-refractivity contribution >= 4 is 6.09 Å². The van der Waals surface area contributed by atoms with E-state index < -0.39 is 11.7 Å². The van der Waals surface area contributed by atoms with E-state index in [0.717, 1.165) is 31.0 Å². The third kappa shape index (κ3) is 2.80. The Labute approximate surface area is 107 Å². The summed E-state index contributed by atoms with van der Waals surface area (Å²) in [5.41, 5.74) is -0.489. The Morgan fingerprint density at radius 2 is 2.17 bits per heavy atom. The quantitative estimate of drug-likeness (QED) is 0.871. The van der Waals surface area contributed by atoms with Gasteiger partial charge in [-0.25, -0.2) is 4.79 Å². The van der Waals surface area contributed by atoms with Crippen LogP contribution >= 0.6 is 0 Å². The van der Waals surface area contributed by atoms with E-state index in [1.165, 1.54) is 0 Å². The third-order valence-corrected chi connectivity index (χ3v) is 2.76. The molecule has 1 aromatic rings. The minimum absolute atomic E-state index is 0.195. The number of hydrogen-bond acceptors (Lipinski definition) is 4. The van der Waals surface area contributed by atoms with Gasteiger partial charge in [-0.1, -0.05) is 0 Å². The van der Waals surface area contributed by atoms with Crippen molar-refractivity contribution in [3.63, 3.8) is 0 Å². The zero-order chi connectivity index (χ0) is 13.3. The molecule has 2 rings (SSSR count). The number of hydrogen-bond donors (Lipinski definition) is 1. The second-order valence-corrected chi connectivity index (χ2v) is 5.60. The van der Waals surface area contributed by atoms with Crippen molar-refractivity contribution < 1.29 is 9.53 Å². The van der Waals surface area contributed by atoms with Crippen LogP contribution in [0.2, 0.25) is 0 Å². The van der Waals surface area contributed by atoms with Gasteiger partial charge < -0.3 is 14.6 Å². The van der Waals surface area contributed by atoms with E-state index in [4.69, 9.17) is 4.74 Å². The van der Waals surface area contributed by atoms with Gasteiger partial charge in [-0.05, 0) is 34.1 Å². The Balaban J connectivity index is 1.99. The molecule has 1 amide bonds. The van der Waals surface area contributed by atoms with Crippen LogP contribution in [0.4, 0.5) is 4.79 Å². The first-order chi connectivity index (χ1) is 8.37. The minimum atomic E-state index is -0.489. The highest BCUT2D eigenvalue weighted by molar-refractivity contribution is 5.68. The molecule has 6 heteroatoms. The summed E-state index contributed by atoms with van der Waals surface area (Å²) in [7, 11) is 0. The fraction of sp³-hybridized carbons (Fsp3) is 0.750. The van der Waals surface area contributed by atoms with E-state index in [9.17, 15) is 4.79 Å². The number of nitrogens with zero attached hydrogens (tertiary/aromatic N) is 3. The summed E-state index contributed by atoms with van der Waals surface area (Å²) in [6.45, 7) is 8.33. The summed E-state index contributed by atoms with van der Waals surface area (Å²) in [5, 5.41) is 11.0. The van der Waals surface area contributed by atoms with Gasteiger partial charge in [-0.15, -0.1) is 10.2 Å². The lowest BCUT2D eigenvalue weighted by Crippen LogP contribution is -2.34. The zero-order valence-electron chi connectivity index (χ0n) is 11.4. The van der Waals surface area contributed by atoms with E-state index in [2.05, 4.69) is 20.1 Å². The Morgan fingerprint density at radius 3 is 2.83 bits per heavy atom. The van der Waals surface area contributed by atoms with Crippen LogP contribution in [0.1, 0.15) is 51.8 Å². The summed E-state index contributed by atoms with van der Waals surface area (Å²) in [6.07, 6.45) is 1.63. The average molecular weight is 252 g/mol. The molecule has 0 spiro atoms. The summed E-state index contributed by atoms with van der Waals surface area (Å²) in [4.78, 5) is 11.7. The second kappa shape index (κ2) is 4.59. The third-order valence-electron chi connectivity index (χ3n) is 2.76. The molecule has 0 bridgehead atoms. The first-order valence-corrected chi connectivity index (χ1v) is 6.28. The van der Waals surface area contributed by atoms with Crippen LogP contribution in [0, 0.1) is 0 Å². The van der Waals surface area contributed by atoms with E-state index in [0.29, 0.717) is 0 Å². The number of carbonyl (C=O) groups excluding carboxylic acids is 1. The molecule has 0 radical (unpaired) electrons. The maximum absolute atomic E-state index is 11.7. The first-order valence-electron chi connectivity index (χ1n) is 6.28. The molecule has 100 valence electrons. The molecule has 0 aliphatic carbocycles. The first kappa shape index (κ1) is 12.9. The van der Waals surface area contributed by atoms with Gasteiger partial charge in [0.1, 0.15) is 11.4 Å². The molecule has 6 nitrogen and oxygen atoms in total. The van der Waals surface area contributed by atoms with E-state index >= 15 is 0 Å². The predicted molar refractivity (Wildman–Crippen MR) is 66.1 cm³/mol. The summed E-state index contributed by atoms with van der Waals surface area (Å²) >= 11 is 0. The van der Waals surface area contributed by atoms with Gasteiger partial charge in [0, 0.05) is 13.0 Å². The largest absolute Gasteiger partial charge is 0.444 e. The van der Waals surface area contributed by atoms with Crippen molar-refractivity contribution in [2.24, 2.45) is 0 Å². The lowest BCUT2D eigenvalue weighted by atomic mass is 10.2. The summed E-state index contributed by atoms with van der Waals surface area (Å²) < 4.78 is 7.29. The Kier molecular flexibility index (Phi) is 3.28. The van der Waals surface area contributed by atoms with Crippen LogP contribution in [-0.4, -0.2) is 26.5 Å². The van der Waals surface area contributed by atoms with Crippen LogP contribution in [-0.2, 0) is 17.7 Å². The number of aromatic nitrogens is 3. The highest BCUT2D eigenvalue weighted by atomic mass is 16.6. The molecular formula is C12H20N4O2. The zero-order valence-corrected chi connectivity index (χ0v) is 11.4. The smallest absolute Gasteiger partial charge is 0.408 e. The molecule has 1 aliphatic heterocycles. The highest BCUT2D eigenvalue weighted by Gasteiger charge is 2.24. The highest BCUT2D eigenvalue weighted by Crippen LogP contribution is 2.19. The van der Waals surface area contributed by atoms with Crippen LogP contribution in [0.3, 0.4) is 0 Å². The van der Waals surface area contributed by atoms with Gasteiger partial charge in [0.15, 0.2) is 5.82 Å². The number of carbonyl (C=O) groups is 1. The van der Waals surface area contributed by atoms with Gasteiger partial charge in [-0.3, -0.25) is 0 Å². The van der Waals surface area contributed by atoms with E-state index in [1.54, 1.807) is 0 Å². The molecule has 1 unspecified atom stereocenters. The molecule has 18 heavy (non-hydrogen) atoms. The van der Waals surface area contributed by atoms with Gasteiger partial charge in [0.2, 0.25) is 0 Å². The van der Waals surface area contributed by atoms with Crippen LogP contribution < -0.4 is 5.32 Å². The van der Waals surface area contributed by atoms with E-state index in [1.807, 2.05) is 27.7 Å². The molecule has 0 saturated carbocycles. The Bertz CT molecular complexity index is 447. The van der Waals surface area contributed by atoms with E-state index in [-0.39, 0.29) is 6.04 Å². The number of amides is 1. The molecule has 0 saturated heterocycles. The van der Waals surface area contributed by atoms with Crippen molar-refractivity contribution in [1.82, 2.24) is 20.1 Å². The summed E-state index contributed by atoms with van der Waals surface area (Å²) in [5.74, 6) is 1.80. The Hall–Kier alpha value is -1.59. The van der Waals surface area contributed by atoms with Gasteiger partial charge >= 0.3 is 6.09 Å². The number of fused-ring (bicyclic) bond motifs is 1. The SMILES string of the molecule is CC(NC(=O)OC(C)(C)C)c1nnc2n1CCC2. The number of alkyl carbamates (subject to hydrolysis) is 1. The van der Waals surface area contributed by atoms with Crippen LogP contribution in [0.5, 0.6) is 0 Å². The monoisotopic (exact) mass is 252 g/mol. The molecule has 0 fully saturated rings.